The number of rotatable bonds is 47. The molecule has 0 radical (unpaired) electrons. The average Bonchev–Trinajstić information content (AvgIpc) is 3.37. The van der Waals surface area contributed by atoms with Crippen LogP contribution in [0.15, 0.2) is 85.1 Å². The van der Waals surface area contributed by atoms with Gasteiger partial charge >= 0.3 is 23.9 Å². The third kappa shape index (κ3) is 39.0. The summed E-state index contributed by atoms with van der Waals surface area (Å²) in [5.41, 5.74) is 0. The summed E-state index contributed by atoms with van der Waals surface area (Å²) in [5.74, 6) is -3.31. The predicted octanol–water partition coefficient (Wildman–Crippen LogP) is 14.3. The van der Waals surface area contributed by atoms with Gasteiger partial charge in [0.25, 0.3) is 0 Å². The lowest BCUT2D eigenvalue weighted by Gasteiger charge is -2.40. The average molecular weight is 1030 g/mol. The quantitative estimate of drug-likeness (QED) is 0.0228. The number of unbranched alkanes of at least 4 members (excludes halogenated alkanes) is 20. The summed E-state index contributed by atoms with van der Waals surface area (Å²) in [7, 11) is 0. The molecule has 12 heteroatoms. The van der Waals surface area contributed by atoms with E-state index in [0.29, 0.717) is 19.3 Å². The Bertz CT molecular complexity index is 1590. The van der Waals surface area contributed by atoms with Crippen LogP contribution in [0, 0.1) is 0 Å². The van der Waals surface area contributed by atoms with E-state index >= 15 is 0 Å². The monoisotopic (exact) mass is 1020 g/mol. The fraction of sp³-hybridized carbons (Fsp3) is 0.705. The first-order chi connectivity index (χ1) is 35.6. The van der Waals surface area contributed by atoms with Gasteiger partial charge in [-0.1, -0.05) is 196 Å². The Morgan fingerprint density at radius 3 is 1.38 bits per heavy atom. The summed E-state index contributed by atoms with van der Waals surface area (Å²) in [4.78, 5) is 51.0. The SMILES string of the molecule is CC/C=C\C/C=C\C/C=C\C/C=C\C/C=C\CC(=O)OCC(COC1OC(C(=O)O)C(O)C(O)C1OC(=O)CCCCCCC/C=C\CCCCCC)OC(=O)CCCCCCC/C=C\CCCCCCCC. The van der Waals surface area contributed by atoms with Crippen LogP contribution in [0.25, 0.3) is 0 Å². The van der Waals surface area contributed by atoms with Gasteiger partial charge in [-0.2, -0.15) is 0 Å². The zero-order chi connectivity index (χ0) is 53.3. The molecule has 0 aromatic rings. The minimum atomic E-state index is -1.92. The van der Waals surface area contributed by atoms with Gasteiger partial charge in [0.2, 0.25) is 0 Å². The lowest BCUT2D eigenvalue weighted by atomic mass is 9.98. The predicted molar refractivity (Wildman–Crippen MR) is 294 cm³/mol. The Labute approximate surface area is 441 Å². The summed E-state index contributed by atoms with van der Waals surface area (Å²) in [6.45, 7) is 5.74. The fourth-order valence-corrected chi connectivity index (χ4v) is 8.08. The second-order valence-electron chi connectivity index (χ2n) is 19.2. The van der Waals surface area contributed by atoms with Gasteiger partial charge in [-0.3, -0.25) is 14.4 Å². The van der Waals surface area contributed by atoms with Gasteiger partial charge in [0.1, 0.15) is 18.8 Å². The van der Waals surface area contributed by atoms with Gasteiger partial charge in [0, 0.05) is 12.8 Å². The third-order valence-corrected chi connectivity index (χ3v) is 12.5. The van der Waals surface area contributed by atoms with Gasteiger partial charge in [-0.25, -0.2) is 4.79 Å². The first-order valence-corrected chi connectivity index (χ1v) is 28.6. The van der Waals surface area contributed by atoms with E-state index in [9.17, 15) is 34.5 Å². The molecule has 0 aliphatic carbocycles. The van der Waals surface area contributed by atoms with Gasteiger partial charge in [0.15, 0.2) is 24.6 Å². The topological polar surface area (TPSA) is 175 Å². The Kier molecular flexibility index (Phi) is 44.7. The van der Waals surface area contributed by atoms with Crippen molar-refractivity contribution in [2.24, 2.45) is 0 Å². The molecule has 1 rings (SSSR count). The Morgan fingerprint density at radius 2 is 0.904 bits per heavy atom. The number of aliphatic hydroxyl groups excluding tert-OH is 2. The number of carboxylic acids is 1. The van der Waals surface area contributed by atoms with Crippen LogP contribution < -0.4 is 0 Å². The lowest BCUT2D eigenvalue weighted by molar-refractivity contribution is -0.301. The van der Waals surface area contributed by atoms with E-state index in [2.05, 4.69) is 87.6 Å². The minimum Gasteiger partial charge on any atom is -0.479 e. The molecule has 1 aliphatic rings. The molecule has 0 aromatic carbocycles. The Hall–Kier alpha value is -4.10. The number of aliphatic hydroxyl groups is 2. The zero-order valence-electron chi connectivity index (χ0n) is 45.6. The minimum absolute atomic E-state index is 0.0192. The van der Waals surface area contributed by atoms with Crippen LogP contribution >= 0.6 is 0 Å². The number of hydrogen-bond donors (Lipinski definition) is 3. The highest BCUT2D eigenvalue weighted by molar-refractivity contribution is 5.74. The van der Waals surface area contributed by atoms with Crippen molar-refractivity contribution in [2.45, 2.75) is 263 Å². The Morgan fingerprint density at radius 1 is 0.479 bits per heavy atom. The summed E-state index contributed by atoms with van der Waals surface area (Å²) >= 11 is 0. The molecule has 12 nitrogen and oxygen atoms in total. The van der Waals surface area contributed by atoms with Crippen molar-refractivity contribution in [3.8, 4) is 0 Å². The van der Waals surface area contributed by atoms with Gasteiger partial charge in [0.05, 0.1) is 13.0 Å². The molecule has 0 aromatic heterocycles. The number of carbonyl (C=O) groups excluding carboxylic acids is 3. The maximum atomic E-state index is 13.1. The zero-order valence-corrected chi connectivity index (χ0v) is 45.6. The number of aliphatic carboxylic acids is 1. The molecule has 1 heterocycles. The molecule has 0 saturated carbocycles. The van der Waals surface area contributed by atoms with Crippen molar-refractivity contribution in [1.29, 1.82) is 0 Å². The molecule has 3 N–H and O–H groups in total. The summed E-state index contributed by atoms with van der Waals surface area (Å²) in [6, 6.07) is 0. The highest BCUT2D eigenvalue weighted by atomic mass is 16.7. The molecular formula is C61H100O12. The van der Waals surface area contributed by atoms with Crippen LogP contribution in [0.5, 0.6) is 0 Å². The van der Waals surface area contributed by atoms with E-state index in [4.69, 9.17) is 23.7 Å². The van der Waals surface area contributed by atoms with Crippen molar-refractivity contribution >= 4 is 23.9 Å². The Balaban J connectivity index is 2.78. The highest BCUT2D eigenvalue weighted by Crippen LogP contribution is 2.26. The summed E-state index contributed by atoms with van der Waals surface area (Å²) in [6.07, 6.45) is 50.1. The van der Waals surface area contributed by atoms with Crippen LogP contribution in [0.3, 0.4) is 0 Å². The molecule has 6 unspecified atom stereocenters. The molecular weight excluding hydrogens is 925 g/mol. The summed E-state index contributed by atoms with van der Waals surface area (Å²) in [5, 5.41) is 31.4. The second kappa shape index (κ2) is 48.8. The second-order valence-corrected chi connectivity index (χ2v) is 19.2. The molecule has 0 amide bonds. The van der Waals surface area contributed by atoms with Crippen LogP contribution in [0.4, 0.5) is 0 Å². The van der Waals surface area contributed by atoms with Crippen LogP contribution in [0.2, 0.25) is 0 Å². The smallest absolute Gasteiger partial charge is 0.335 e. The van der Waals surface area contributed by atoms with Gasteiger partial charge < -0.3 is 39.0 Å². The number of allylic oxidation sites excluding steroid dienone is 13. The van der Waals surface area contributed by atoms with E-state index in [0.717, 1.165) is 103 Å². The molecule has 0 spiro atoms. The van der Waals surface area contributed by atoms with Crippen LogP contribution in [-0.2, 0) is 42.9 Å². The highest BCUT2D eigenvalue weighted by Gasteiger charge is 2.50. The molecule has 1 fully saturated rings. The first kappa shape index (κ1) is 66.9. The number of carbonyl (C=O) groups is 4. The largest absolute Gasteiger partial charge is 0.479 e. The molecule has 1 saturated heterocycles. The summed E-state index contributed by atoms with van der Waals surface area (Å²) < 4.78 is 28.2. The molecule has 73 heavy (non-hydrogen) atoms. The molecule has 1 aliphatic heterocycles. The number of ether oxygens (including phenoxy) is 5. The van der Waals surface area contributed by atoms with E-state index in [1.54, 1.807) is 6.08 Å². The third-order valence-electron chi connectivity index (χ3n) is 12.5. The van der Waals surface area contributed by atoms with Crippen molar-refractivity contribution in [3.63, 3.8) is 0 Å². The molecule has 0 bridgehead atoms. The van der Waals surface area contributed by atoms with Gasteiger partial charge in [-0.05, 0) is 96.3 Å². The van der Waals surface area contributed by atoms with Crippen LogP contribution in [-0.4, -0.2) is 89.2 Å². The normalized spacial score (nSPS) is 18.9. The standard InChI is InChI=1S/C61H100O12/c1-4-7-10-13-16-19-22-25-27-30-32-35-38-41-44-47-53(62)69-50-52(71-54(63)48-45-42-39-36-34-31-28-26-23-20-17-14-11-8-5-2)51-70-61-59(57(66)56(65)58(73-61)60(67)68)72-55(64)49-46-43-40-37-33-29-24-21-18-15-12-9-6-3/h7,10,16,19,21,24-28,32,35,41,44,52,56-59,61,65-66H,4-6,8-9,11-15,17-18,20,22-23,29-31,33-34,36-40,42-43,45-51H2,1-3H3,(H,67,68)/b10-7-,19-16-,24-21-,27-25-,28-26-,35-32-,44-41-. The van der Waals surface area contributed by atoms with Gasteiger partial charge in [-0.15, -0.1) is 0 Å². The fourth-order valence-electron chi connectivity index (χ4n) is 8.08. The van der Waals surface area contributed by atoms with Crippen molar-refractivity contribution < 1.29 is 58.2 Å². The first-order valence-electron chi connectivity index (χ1n) is 28.6. The maximum absolute atomic E-state index is 13.1. The van der Waals surface area contributed by atoms with E-state index in [-0.39, 0.29) is 25.9 Å². The van der Waals surface area contributed by atoms with Crippen LogP contribution in [0.1, 0.15) is 226 Å². The van der Waals surface area contributed by atoms with Crippen molar-refractivity contribution in [3.05, 3.63) is 85.1 Å². The van der Waals surface area contributed by atoms with E-state index < -0.39 is 67.3 Å². The number of carboxylic acid groups (broad SMARTS) is 1. The molecule has 416 valence electrons. The van der Waals surface area contributed by atoms with E-state index in [1.807, 2.05) is 12.2 Å². The van der Waals surface area contributed by atoms with E-state index in [1.165, 1.54) is 64.2 Å². The lowest BCUT2D eigenvalue weighted by Crippen LogP contribution is -2.61. The number of esters is 3. The van der Waals surface area contributed by atoms with Crippen molar-refractivity contribution in [2.75, 3.05) is 13.2 Å². The maximum Gasteiger partial charge on any atom is 0.335 e. The molecule has 6 atom stereocenters. The number of hydrogen-bond acceptors (Lipinski definition) is 11. The van der Waals surface area contributed by atoms with Crippen molar-refractivity contribution in [1.82, 2.24) is 0 Å².